The van der Waals surface area contributed by atoms with Gasteiger partial charge < -0.3 is 14.8 Å². The fourth-order valence-electron chi connectivity index (χ4n) is 2.94. The number of rotatable bonds is 4. The van der Waals surface area contributed by atoms with E-state index in [9.17, 15) is 0 Å². The Balaban J connectivity index is 1.55. The Morgan fingerprint density at radius 1 is 1.37 bits per heavy atom. The van der Waals surface area contributed by atoms with Gasteiger partial charge in [-0.3, -0.25) is 0 Å². The van der Waals surface area contributed by atoms with Crippen molar-refractivity contribution < 1.29 is 9.47 Å². The van der Waals surface area contributed by atoms with Gasteiger partial charge in [0.25, 0.3) is 0 Å². The Morgan fingerprint density at radius 3 is 3.05 bits per heavy atom. The first-order valence-electron chi connectivity index (χ1n) is 7.22. The van der Waals surface area contributed by atoms with Crippen LogP contribution in [0, 0.1) is 5.92 Å². The fraction of sp³-hybridized carbons (Fsp3) is 0.625. The zero-order valence-electron chi connectivity index (χ0n) is 11.9. The molecule has 3 rings (SSSR count). The van der Waals surface area contributed by atoms with Crippen LogP contribution in [0.2, 0.25) is 0 Å². The molecular weight excluding hydrogens is 238 g/mol. The Kier molecular flexibility index (Phi) is 3.50. The van der Waals surface area contributed by atoms with Crippen LogP contribution in [0.1, 0.15) is 31.4 Å². The largest absolute Gasteiger partial charge is 0.487 e. The van der Waals surface area contributed by atoms with Gasteiger partial charge in [0.2, 0.25) is 0 Å². The van der Waals surface area contributed by atoms with Crippen molar-refractivity contribution in [2.75, 3.05) is 19.8 Å². The summed E-state index contributed by atoms with van der Waals surface area (Å²) in [5.41, 5.74) is 2.64. The molecular formula is C16H23NO2. The van der Waals surface area contributed by atoms with E-state index in [2.05, 4.69) is 37.4 Å². The molecule has 0 radical (unpaired) electrons. The molecule has 0 aliphatic carbocycles. The number of ether oxygens (including phenoxy) is 2. The molecule has 0 spiro atoms. The van der Waals surface area contributed by atoms with E-state index in [-0.39, 0.29) is 5.60 Å². The monoisotopic (exact) mass is 261 g/mol. The second-order valence-corrected chi connectivity index (χ2v) is 6.34. The van der Waals surface area contributed by atoms with Crippen molar-refractivity contribution in [2.24, 2.45) is 5.92 Å². The summed E-state index contributed by atoms with van der Waals surface area (Å²) in [6.45, 7) is 8.12. The van der Waals surface area contributed by atoms with Crippen molar-refractivity contribution in [3.63, 3.8) is 0 Å². The number of hydrogen-bond acceptors (Lipinski definition) is 3. The van der Waals surface area contributed by atoms with Crippen LogP contribution in [0.25, 0.3) is 0 Å². The highest BCUT2D eigenvalue weighted by Crippen LogP contribution is 2.35. The summed E-state index contributed by atoms with van der Waals surface area (Å²) < 4.78 is 11.3. The number of benzene rings is 1. The van der Waals surface area contributed by atoms with Gasteiger partial charge in [0.15, 0.2) is 0 Å². The topological polar surface area (TPSA) is 30.5 Å². The van der Waals surface area contributed by atoms with E-state index in [1.54, 1.807) is 0 Å². The van der Waals surface area contributed by atoms with Gasteiger partial charge in [0, 0.05) is 26.1 Å². The lowest BCUT2D eigenvalue weighted by Gasteiger charge is -2.16. The van der Waals surface area contributed by atoms with E-state index < -0.39 is 0 Å². The second kappa shape index (κ2) is 5.14. The van der Waals surface area contributed by atoms with Gasteiger partial charge in [-0.05, 0) is 43.4 Å². The maximum atomic E-state index is 5.90. The highest BCUT2D eigenvalue weighted by Gasteiger charge is 2.29. The quantitative estimate of drug-likeness (QED) is 0.903. The molecule has 2 aliphatic heterocycles. The molecule has 1 aromatic carbocycles. The summed E-state index contributed by atoms with van der Waals surface area (Å²) in [7, 11) is 0. The van der Waals surface area contributed by atoms with Gasteiger partial charge in [0.1, 0.15) is 11.4 Å². The van der Waals surface area contributed by atoms with Crippen LogP contribution in [-0.4, -0.2) is 25.4 Å². The third-order valence-corrected chi connectivity index (χ3v) is 3.91. The molecule has 1 fully saturated rings. The number of fused-ring (bicyclic) bond motifs is 1. The fourth-order valence-corrected chi connectivity index (χ4v) is 2.94. The van der Waals surface area contributed by atoms with Crippen molar-refractivity contribution >= 4 is 0 Å². The van der Waals surface area contributed by atoms with Gasteiger partial charge in [-0.15, -0.1) is 0 Å². The SMILES string of the molecule is CC1(C)Cc2cc(CNCC3CCOC3)ccc2O1. The molecule has 19 heavy (non-hydrogen) atoms. The lowest BCUT2D eigenvalue weighted by molar-refractivity contribution is 0.138. The Hall–Kier alpha value is -1.06. The van der Waals surface area contributed by atoms with Crippen LogP contribution in [-0.2, 0) is 17.7 Å². The van der Waals surface area contributed by atoms with Crippen LogP contribution in [0.15, 0.2) is 18.2 Å². The highest BCUT2D eigenvalue weighted by molar-refractivity contribution is 5.41. The highest BCUT2D eigenvalue weighted by atomic mass is 16.5. The van der Waals surface area contributed by atoms with Crippen molar-refractivity contribution in [3.8, 4) is 5.75 Å². The van der Waals surface area contributed by atoms with E-state index in [1.165, 1.54) is 17.5 Å². The summed E-state index contributed by atoms with van der Waals surface area (Å²) in [6, 6.07) is 6.56. The van der Waals surface area contributed by atoms with E-state index in [1.807, 2.05) is 0 Å². The molecule has 1 aromatic rings. The van der Waals surface area contributed by atoms with E-state index in [0.29, 0.717) is 5.92 Å². The average molecular weight is 261 g/mol. The van der Waals surface area contributed by atoms with Crippen molar-refractivity contribution in [1.29, 1.82) is 0 Å². The molecule has 0 saturated carbocycles. The predicted octanol–water partition coefficient (Wildman–Crippen LogP) is 2.53. The van der Waals surface area contributed by atoms with Crippen LogP contribution >= 0.6 is 0 Å². The third-order valence-electron chi connectivity index (χ3n) is 3.91. The first-order chi connectivity index (χ1) is 9.12. The minimum atomic E-state index is -0.0461. The van der Waals surface area contributed by atoms with Crippen LogP contribution < -0.4 is 10.1 Å². The molecule has 3 heteroatoms. The minimum absolute atomic E-state index is 0.0461. The lowest BCUT2D eigenvalue weighted by Crippen LogP contribution is -2.24. The first kappa shape index (κ1) is 12.9. The van der Waals surface area contributed by atoms with Gasteiger partial charge in [0.05, 0.1) is 6.61 Å². The molecule has 1 saturated heterocycles. The van der Waals surface area contributed by atoms with Crippen molar-refractivity contribution in [3.05, 3.63) is 29.3 Å². The van der Waals surface area contributed by atoms with Crippen molar-refractivity contribution in [1.82, 2.24) is 5.32 Å². The van der Waals surface area contributed by atoms with Gasteiger partial charge in [-0.2, -0.15) is 0 Å². The molecule has 104 valence electrons. The number of hydrogen-bond donors (Lipinski definition) is 1. The smallest absolute Gasteiger partial charge is 0.123 e. The normalized spacial score (nSPS) is 24.2. The van der Waals surface area contributed by atoms with Crippen LogP contribution in [0.3, 0.4) is 0 Å². The predicted molar refractivity (Wildman–Crippen MR) is 75.5 cm³/mol. The molecule has 1 unspecified atom stereocenters. The maximum Gasteiger partial charge on any atom is 0.123 e. The van der Waals surface area contributed by atoms with E-state index in [4.69, 9.17) is 9.47 Å². The molecule has 0 amide bonds. The molecule has 0 bridgehead atoms. The Bertz CT molecular complexity index is 450. The molecule has 2 aliphatic rings. The van der Waals surface area contributed by atoms with Gasteiger partial charge in [-0.1, -0.05) is 12.1 Å². The van der Waals surface area contributed by atoms with Gasteiger partial charge in [-0.25, -0.2) is 0 Å². The second-order valence-electron chi connectivity index (χ2n) is 6.34. The first-order valence-corrected chi connectivity index (χ1v) is 7.22. The lowest BCUT2D eigenvalue weighted by atomic mass is 10.00. The van der Waals surface area contributed by atoms with Crippen LogP contribution in [0.5, 0.6) is 5.75 Å². The van der Waals surface area contributed by atoms with Gasteiger partial charge >= 0.3 is 0 Å². The van der Waals surface area contributed by atoms with Crippen LogP contribution in [0.4, 0.5) is 0 Å². The summed E-state index contributed by atoms with van der Waals surface area (Å²) >= 11 is 0. The Morgan fingerprint density at radius 2 is 2.26 bits per heavy atom. The third kappa shape index (κ3) is 3.10. The maximum absolute atomic E-state index is 5.90. The zero-order chi connectivity index (χ0) is 13.3. The summed E-state index contributed by atoms with van der Waals surface area (Å²) in [5, 5.41) is 3.53. The van der Waals surface area contributed by atoms with E-state index in [0.717, 1.165) is 38.5 Å². The molecule has 1 N–H and O–H groups in total. The molecule has 3 nitrogen and oxygen atoms in total. The Labute approximate surface area is 115 Å². The van der Waals surface area contributed by atoms with Crippen molar-refractivity contribution in [2.45, 2.75) is 38.8 Å². The molecule has 2 heterocycles. The molecule has 0 aromatic heterocycles. The summed E-state index contributed by atoms with van der Waals surface area (Å²) in [6.07, 6.45) is 2.20. The van der Waals surface area contributed by atoms with E-state index >= 15 is 0 Å². The minimum Gasteiger partial charge on any atom is -0.487 e. The average Bonchev–Trinajstić information content (AvgIpc) is 2.94. The zero-order valence-corrected chi connectivity index (χ0v) is 11.9. The number of nitrogens with one attached hydrogen (secondary N) is 1. The summed E-state index contributed by atoms with van der Waals surface area (Å²) in [5.74, 6) is 1.75. The standard InChI is InChI=1S/C16H23NO2/c1-16(2)8-14-7-12(3-4-15(14)19-16)9-17-10-13-5-6-18-11-13/h3-4,7,13,17H,5-6,8-11H2,1-2H3. The summed E-state index contributed by atoms with van der Waals surface area (Å²) in [4.78, 5) is 0. The molecule has 1 atom stereocenters.